The van der Waals surface area contributed by atoms with Crippen molar-refractivity contribution in [2.75, 3.05) is 13.1 Å². The lowest BCUT2D eigenvalue weighted by molar-refractivity contribution is -0.125. The third-order valence-electron chi connectivity index (χ3n) is 4.68. The zero-order chi connectivity index (χ0) is 15.7. The highest BCUT2D eigenvalue weighted by atomic mass is 35.5. The van der Waals surface area contributed by atoms with Crippen molar-refractivity contribution in [3.05, 3.63) is 29.0 Å². The highest BCUT2D eigenvalue weighted by Gasteiger charge is 2.48. The first kappa shape index (κ1) is 15.2. The number of aromatic nitrogens is 1. The van der Waals surface area contributed by atoms with Gasteiger partial charge in [0.15, 0.2) is 0 Å². The highest BCUT2D eigenvalue weighted by Crippen LogP contribution is 2.31. The molecule has 22 heavy (non-hydrogen) atoms. The van der Waals surface area contributed by atoms with E-state index < -0.39 is 11.6 Å². The number of carbonyl (C=O) groups is 2. The monoisotopic (exact) mass is 322 g/mol. The molecule has 2 fully saturated rings. The van der Waals surface area contributed by atoms with E-state index in [2.05, 4.69) is 20.5 Å². The van der Waals surface area contributed by atoms with Gasteiger partial charge in [0, 0.05) is 12.7 Å². The molecule has 3 amide bonds. The van der Waals surface area contributed by atoms with Gasteiger partial charge in [-0.25, -0.2) is 4.79 Å². The van der Waals surface area contributed by atoms with Gasteiger partial charge in [0.2, 0.25) is 0 Å². The normalized spacial score (nSPS) is 26.8. The molecule has 1 aromatic heterocycles. The van der Waals surface area contributed by atoms with E-state index in [9.17, 15) is 9.59 Å². The minimum absolute atomic E-state index is 0.148. The van der Waals surface area contributed by atoms with Crippen LogP contribution in [0.3, 0.4) is 0 Å². The molecule has 3 rings (SSSR count). The van der Waals surface area contributed by atoms with E-state index in [1.807, 2.05) is 19.1 Å². The predicted molar refractivity (Wildman–Crippen MR) is 82.3 cm³/mol. The quantitative estimate of drug-likeness (QED) is 0.828. The summed E-state index contributed by atoms with van der Waals surface area (Å²) in [6.07, 6.45) is 3.46. The third kappa shape index (κ3) is 2.80. The van der Waals surface area contributed by atoms with Crippen LogP contribution in [-0.4, -0.2) is 40.5 Å². The maximum absolute atomic E-state index is 12.0. The summed E-state index contributed by atoms with van der Waals surface area (Å²) in [6.45, 7) is 4.23. The standard InChI is InChI=1S/C15H19ClN4O2/c1-15(13(21)18-14(22)19-15)10-4-7-20(8-5-10)9-12-11(16)3-2-6-17-12/h2-3,6,10H,4-5,7-9H2,1H3,(H2,18,19,21,22). The number of urea groups is 1. The van der Waals surface area contributed by atoms with Crippen LogP contribution < -0.4 is 10.6 Å². The lowest BCUT2D eigenvalue weighted by atomic mass is 9.79. The minimum Gasteiger partial charge on any atom is -0.323 e. The Hall–Kier alpha value is -1.66. The van der Waals surface area contributed by atoms with Crippen molar-refractivity contribution in [3.8, 4) is 0 Å². The number of carbonyl (C=O) groups excluding carboxylic acids is 2. The summed E-state index contributed by atoms with van der Waals surface area (Å²) in [6, 6.07) is 3.27. The topological polar surface area (TPSA) is 74.3 Å². The van der Waals surface area contributed by atoms with Gasteiger partial charge in [-0.3, -0.25) is 20.0 Å². The molecular weight excluding hydrogens is 304 g/mol. The fourth-order valence-corrected chi connectivity index (χ4v) is 3.44. The van der Waals surface area contributed by atoms with Crippen molar-refractivity contribution in [2.24, 2.45) is 5.92 Å². The zero-order valence-corrected chi connectivity index (χ0v) is 13.2. The van der Waals surface area contributed by atoms with Crippen LogP contribution in [0.15, 0.2) is 18.3 Å². The van der Waals surface area contributed by atoms with Gasteiger partial charge in [-0.2, -0.15) is 0 Å². The molecule has 2 aliphatic heterocycles. The molecule has 2 aliphatic rings. The van der Waals surface area contributed by atoms with Gasteiger partial charge >= 0.3 is 6.03 Å². The predicted octanol–water partition coefficient (Wildman–Crippen LogP) is 1.55. The molecular formula is C15H19ClN4O2. The average molecular weight is 323 g/mol. The van der Waals surface area contributed by atoms with Crippen LogP contribution in [0.5, 0.6) is 0 Å². The summed E-state index contributed by atoms with van der Waals surface area (Å²) in [7, 11) is 0. The molecule has 1 aromatic rings. The maximum Gasteiger partial charge on any atom is 0.322 e. The first-order valence-corrected chi connectivity index (χ1v) is 7.82. The third-order valence-corrected chi connectivity index (χ3v) is 5.03. The molecule has 118 valence electrons. The Balaban J connectivity index is 1.60. The summed E-state index contributed by atoms with van der Waals surface area (Å²) in [4.78, 5) is 30.0. The van der Waals surface area contributed by atoms with E-state index in [0.717, 1.165) is 31.6 Å². The van der Waals surface area contributed by atoms with E-state index in [1.54, 1.807) is 6.20 Å². The van der Waals surface area contributed by atoms with E-state index in [1.165, 1.54) is 0 Å². The zero-order valence-electron chi connectivity index (χ0n) is 12.4. The smallest absolute Gasteiger partial charge is 0.322 e. The molecule has 0 aromatic carbocycles. The molecule has 0 aliphatic carbocycles. The van der Waals surface area contributed by atoms with Gasteiger partial charge in [-0.15, -0.1) is 0 Å². The number of nitrogens with one attached hydrogen (secondary N) is 2. The molecule has 1 atom stereocenters. The molecule has 0 saturated carbocycles. The molecule has 2 saturated heterocycles. The number of piperidine rings is 1. The van der Waals surface area contributed by atoms with Crippen molar-refractivity contribution in [1.29, 1.82) is 0 Å². The van der Waals surface area contributed by atoms with Gasteiger partial charge in [0.05, 0.1) is 10.7 Å². The molecule has 0 bridgehead atoms. The number of hydrogen-bond acceptors (Lipinski definition) is 4. The number of hydrogen-bond donors (Lipinski definition) is 2. The van der Waals surface area contributed by atoms with Crippen LogP contribution in [0.2, 0.25) is 5.02 Å². The van der Waals surface area contributed by atoms with Gasteiger partial charge < -0.3 is 5.32 Å². The second-order valence-corrected chi connectivity index (χ2v) is 6.50. The molecule has 6 nitrogen and oxygen atoms in total. The largest absolute Gasteiger partial charge is 0.323 e. The Bertz CT molecular complexity index is 601. The molecule has 0 spiro atoms. The van der Waals surface area contributed by atoms with Gasteiger partial charge in [-0.1, -0.05) is 11.6 Å². The molecule has 7 heteroatoms. The fraction of sp³-hybridized carbons (Fsp3) is 0.533. The molecule has 1 unspecified atom stereocenters. The van der Waals surface area contributed by atoms with Crippen LogP contribution in [0.1, 0.15) is 25.5 Å². The second-order valence-electron chi connectivity index (χ2n) is 6.09. The number of likely N-dealkylation sites (tertiary alicyclic amines) is 1. The van der Waals surface area contributed by atoms with Crippen LogP contribution in [0.25, 0.3) is 0 Å². The summed E-state index contributed by atoms with van der Waals surface area (Å²) in [5, 5.41) is 5.78. The van der Waals surface area contributed by atoms with Crippen LogP contribution in [0.4, 0.5) is 4.79 Å². The Morgan fingerprint density at radius 3 is 2.73 bits per heavy atom. The van der Waals surface area contributed by atoms with Crippen molar-refractivity contribution in [2.45, 2.75) is 31.8 Å². The second kappa shape index (κ2) is 5.85. The highest BCUT2D eigenvalue weighted by molar-refractivity contribution is 6.31. The lowest BCUT2D eigenvalue weighted by Gasteiger charge is -2.38. The van der Waals surface area contributed by atoms with E-state index in [4.69, 9.17) is 11.6 Å². The molecule has 2 N–H and O–H groups in total. The number of halogens is 1. The summed E-state index contributed by atoms with van der Waals surface area (Å²) >= 11 is 6.14. The summed E-state index contributed by atoms with van der Waals surface area (Å²) in [5.74, 6) is -0.0712. The Kier molecular flexibility index (Phi) is 4.06. The fourth-order valence-electron chi connectivity index (χ4n) is 3.26. The maximum atomic E-state index is 12.0. The van der Waals surface area contributed by atoms with E-state index in [0.29, 0.717) is 11.6 Å². The Morgan fingerprint density at radius 2 is 2.14 bits per heavy atom. The van der Waals surface area contributed by atoms with Crippen LogP contribution in [0, 0.1) is 5.92 Å². The number of rotatable bonds is 3. The minimum atomic E-state index is -0.786. The van der Waals surface area contributed by atoms with Gasteiger partial charge in [0.25, 0.3) is 5.91 Å². The Morgan fingerprint density at radius 1 is 1.41 bits per heavy atom. The number of nitrogens with zero attached hydrogens (tertiary/aromatic N) is 2. The first-order valence-electron chi connectivity index (χ1n) is 7.44. The first-order chi connectivity index (χ1) is 10.5. The van der Waals surface area contributed by atoms with Gasteiger partial charge in [0.1, 0.15) is 5.54 Å². The van der Waals surface area contributed by atoms with E-state index >= 15 is 0 Å². The molecule has 0 radical (unpaired) electrons. The lowest BCUT2D eigenvalue weighted by Crippen LogP contribution is -2.53. The number of amides is 3. The van der Waals surface area contributed by atoms with Crippen LogP contribution >= 0.6 is 11.6 Å². The number of imide groups is 1. The van der Waals surface area contributed by atoms with Crippen molar-refractivity contribution < 1.29 is 9.59 Å². The SMILES string of the molecule is CC1(C2CCN(Cc3ncccc3Cl)CC2)NC(=O)NC1=O. The van der Waals surface area contributed by atoms with Crippen molar-refractivity contribution >= 4 is 23.5 Å². The van der Waals surface area contributed by atoms with Crippen molar-refractivity contribution in [3.63, 3.8) is 0 Å². The average Bonchev–Trinajstić information content (AvgIpc) is 2.76. The summed E-state index contributed by atoms with van der Waals surface area (Å²) in [5.41, 5.74) is 0.0898. The van der Waals surface area contributed by atoms with Crippen LogP contribution in [-0.2, 0) is 11.3 Å². The number of pyridine rings is 1. The summed E-state index contributed by atoms with van der Waals surface area (Å²) < 4.78 is 0. The van der Waals surface area contributed by atoms with Crippen molar-refractivity contribution in [1.82, 2.24) is 20.5 Å². The van der Waals surface area contributed by atoms with E-state index in [-0.39, 0.29) is 11.8 Å². The van der Waals surface area contributed by atoms with Gasteiger partial charge in [-0.05, 0) is 50.9 Å². The Labute approximate surface area is 134 Å². The molecule has 3 heterocycles.